The standard InChI is InChI=1S/C14H12BrFN2O/c1-9(10-4-6-17-7-5-10)18-14(19)12-8-11(16)2-3-13(12)15/h2-9H,1H3,(H,18,19)/t9-/m1/s1. The maximum Gasteiger partial charge on any atom is 0.253 e. The molecule has 0 aliphatic heterocycles. The van der Waals surface area contributed by atoms with Gasteiger partial charge in [-0.2, -0.15) is 0 Å². The average Bonchev–Trinajstić information content (AvgIpc) is 2.42. The fourth-order valence-electron chi connectivity index (χ4n) is 1.68. The molecule has 2 aromatic rings. The molecule has 0 bridgehead atoms. The number of nitrogens with zero attached hydrogens (tertiary/aromatic N) is 1. The second-order valence-corrected chi connectivity index (χ2v) is 4.95. The molecule has 5 heteroatoms. The van der Waals surface area contributed by atoms with Crippen molar-refractivity contribution in [3.05, 3.63) is 64.1 Å². The first kappa shape index (κ1) is 13.7. The van der Waals surface area contributed by atoms with Gasteiger partial charge in [0.2, 0.25) is 0 Å². The molecular formula is C14H12BrFN2O. The summed E-state index contributed by atoms with van der Waals surface area (Å²) in [5, 5.41) is 2.82. The molecule has 3 nitrogen and oxygen atoms in total. The van der Waals surface area contributed by atoms with Crippen LogP contribution in [0.3, 0.4) is 0 Å². The molecule has 1 heterocycles. The third-order valence-corrected chi connectivity index (χ3v) is 3.42. The zero-order valence-electron chi connectivity index (χ0n) is 10.2. The monoisotopic (exact) mass is 322 g/mol. The quantitative estimate of drug-likeness (QED) is 0.940. The minimum Gasteiger partial charge on any atom is -0.345 e. The van der Waals surface area contributed by atoms with Gasteiger partial charge in [0, 0.05) is 16.9 Å². The number of benzene rings is 1. The number of aromatic nitrogens is 1. The second kappa shape index (κ2) is 5.93. The fraction of sp³-hybridized carbons (Fsp3) is 0.143. The van der Waals surface area contributed by atoms with E-state index in [0.717, 1.165) is 5.56 Å². The molecule has 1 aromatic heterocycles. The molecule has 98 valence electrons. The number of amides is 1. The highest BCUT2D eigenvalue weighted by atomic mass is 79.9. The van der Waals surface area contributed by atoms with Gasteiger partial charge < -0.3 is 5.32 Å². The van der Waals surface area contributed by atoms with Crippen LogP contribution in [0.1, 0.15) is 28.9 Å². The molecule has 0 aliphatic rings. The Balaban J connectivity index is 2.15. The summed E-state index contributed by atoms with van der Waals surface area (Å²) < 4.78 is 13.7. The summed E-state index contributed by atoms with van der Waals surface area (Å²) in [6, 6.07) is 7.50. The van der Waals surface area contributed by atoms with E-state index in [1.807, 2.05) is 19.1 Å². The summed E-state index contributed by atoms with van der Waals surface area (Å²) in [5.41, 5.74) is 1.22. The van der Waals surface area contributed by atoms with Crippen molar-refractivity contribution in [1.29, 1.82) is 0 Å². The minimum absolute atomic E-state index is 0.175. The van der Waals surface area contributed by atoms with Gasteiger partial charge in [-0.3, -0.25) is 9.78 Å². The van der Waals surface area contributed by atoms with Crippen LogP contribution in [-0.2, 0) is 0 Å². The Morgan fingerprint density at radius 2 is 2.00 bits per heavy atom. The first-order valence-corrected chi connectivity index (χ1v) is 6.53. The molecule has 0 unspecified atom stereocenters. The number of nitrogens with one attached hydrogen (secondary N) is 1. The Hall–Kier alpha value is -1.75. The zero-order valence-corrected chi connectivity index (χ0v) is 11.8. The molecule has 0 spiro atoms. The van der Waals surface area contributed by atoms with Crippen molar-refractivity contribution in [3.63, 3.8) is 0 Å². The van der Waals surface area contributed by atoms with Crippen molar-refractivity contribution in [2.75, 3.05) is 0 Å². The van der Waals surface area contributed by atoms with Gasteiger partial charge in [0.05, 0.1) is 11.6 Å². The van der Waals surface area contributed by atoms with Crippen molar-refractivity contribution in [2.45, 2.75) is 13.0 Å². The van der Waals surface area contributed by atoms with E-state index in [1.165, 1.54) is 18.2 Å². The Morgan fingerprint density at radius 3 is 2.68 bits per heavy atom. The third-order valence-electron chi connectivity index (χ3n) is 2.73. The lowest BCUT2D eigenvalue weighted by Crippen LogP contribution is -2.27. The molecule has 0 fully saturated rings. The van der Waals surface area contributed by atoms with Gasteiger partial charge in [0.15, 0.2) is 0 Å². The Kier molecular flexibility index (Phi) is 4.27. The van der Waals surface area contributed by atoms with Crippen LogP contribution in [0, 0.1) is 5.82 Å². The first-order chi connectivity index (χ1) is 9.08. The van der Waals surface area contributed by atoms with Crippen LogP contribution < -0.4 is 5.32 Å². The Morgan fingerprint density at radius 1 is 1.32 bits per heavy atom. The molecule has 19 heavy (non-hydrogen) atoms. The summed E-state index contributed by atoms with van der Waals surface area (Å²) in [6.45, 7) is 1.86. The van der Waals surface area contributed by atoms with Crippen molar-refractivity contribution in [1.82, 2.24) is 10.3 Å². The van der Waals surface area contributed by atoms with E-state index < -0.39 is 5.82 Å². The average molecular weight is 323 g/mol. The van der Waals surface area contributed by atoms with E-state index in [4.69, 9.17) is 0 Å². The number of carbonyl (C=O) groups is 1. The van der Waals surface area contributed by atoms with Crippen molar-refractivity contribution >= 4 is 21.8 Å². The van der Waals surface area contributed by atoms with Crippen LogP contribution >= 0.6 is 15.9 Å². The predicted octanol–water partition coefficient (Wildman–Crippen LogP) is 3.47. The normalized spacial score (nSPS) is 11.9. The molecule has 1 atom stereocenters. The van der Waals surface area contributed by atoms with E-state index in [0.29, 0.717) is 4.47 Å². The van der Waals surface area contributed by atoms with Gasteiger partial charge in [-0.1, -0.05) is 0 Å². The molecule has 2 rings (SSSR count). The summed E-state index contributed by atoms with van der Waals surface area (Å²) in [5.74, 6) is -0.763. The van der Waals surface area contributed by atoms with Crippen molar-refractivity contribution in [2.24, 2.45) is 0 Å². The molecule has 1 N–H and O–H groups in total. The lowest BCUT2D eigenvalue weighted by molar-refractivity contribution is 0.0938. The van der Waals surface area contributed by atoms with Crippen molar-refractivity contribution in [3.8, 4) is 0 Å². The molecule has 0 saturated carbocycles. The summed E-state index contributed by atoms with van der Waals surface area (Å²) in [7, 11) is 0. The van der Waals surface area contributed by atoms with Gasteiger partial charge in [-0.05, 0) is 58.7 Å². The lowest BCUT2D eigenvalue weighted by atomic mass is 10.1. The predicted molar refractivity (Wildman–Crippen MR) is 74.2 cm³/mol. The summed E-state index contributed by atoms with van der Waals surface area (Å²) in [4.78, 5) is 16.0. The second-order valence-electron chi connectivity index (χ2n) is 4.10. The topological polar surface area (TPSA) is 42.0 Å². The number of carbonyl (C=O) groups excluding carboxylic acids is 1. The Bertz CT molecular complexity index is 589. The molecule has 0 radical (unpaired) electrons. The van der Waals surface area contributed by atoms with Crippen LogP contribution in [0.4, 0.5) is 4.39 Å². The van der Waals surface area contributed by atoms with Crippen LogP contribution in [0.5, 0.6) is 0 Å². The van der Waals surface area contributed by atoms with Crippen molar-refractivity contribution < 1.29 is 9.18 Å². The van der Waals surface area contributed by atoms with Gasteiger partial charge in [0.1, 0.15) is 5.82 Å². The smallest absolute Gasteiger partial charge is 0.253 e. The maximum absolute atomic E-state index is 13.2. The molecule has 0 aliphatic carbocycles. The molecule has 1 aromatic carbocycles. The minimum atomic E-state index is -0.440. The summed E-state index contributed by atoms with van der Waals surface area (Å²) >= 11 is 3.24. The lowest BCUT2D eigenvalue weighted by Gasteiger charge is -2.14. The number of rotatable bonds is 3. The highest BCUT2D eigenvalue weighted by molar-refractivity contribution is 9.10. The SMILES string of the molecule is C[C@@H](NC(=O)c1cc(F)ccc1Br)c1ccncc1. The van der Waals surface area contributed by atoms with Gasteiger partial charge in [-0.15, -0.1) is 0 Å². The fourth-order valence-corrected chi connectivity index (χ4v) is 2.11. The third kappa shape index (κ3) is 3.38. The van der Waals surface area contributed by atoms with Gasteiger partial charge in [0.25, 0.3) is 5.91 Å². The number of pyridine rings is 1. The first-order valence-electron chi connectivity index (χ1n) is 5.74. The largest absolute Gasteiger partial charge is 0.345 e. The number of hydrogen-bond acceptors (Lipinski definition) is 2. The van der Waals surface area contributed by atoms with Gasteiger partial charge in [-0.25, -0.2) is 4.39 Å². The number of hydrogen-bond donors (Lipinski definition) is 1. The molecule has 0 saturated heterocycles. The zero-order chi connectivity index (χ0) is 13.8. The van der Waals surface area contributed by atoms with E-state index in [9.17, 15) is 9.18 Å². The van der Waals surface area contributed by atoms with Gasteiger partial charge >= 0.3 is 0 Å². The highest BCUT2D eigenvalue weighted by Crippen LogP contribution is 2.19. The maximum atomic E-state index is 13.2. The van der Waals surface area contributed by atoms with Crippen LogP contribution in [-0.4, -0.2) is 10.9 Å². The Labute approximate surface area is 119 Å². The van der Waals surface area contributed by atoms with E-state index >= 15 is 0 Å². The van der Waals surface area contributed by atoms with Crippen LogP contribution in [0.25, 0.3) is 0 Å². The highest BCUT2D eigenvalue weighted by Gasteiger charge is 2.14. The van der Waals surface area contributed by atoms with Crippen LogP contribution in [0.15, 0.2) is 47.2 Å². The number of halogens is 2. The van der Waals surface area contributed by atoms with E-state index in [1.54, 1.807) is 12.4 Å². The molecular weight excluding hydrogens is 311 g/mol. The van der Waals surface area contributed by atoms with Crippen LogP contribution in [0.2, 0.25) is 0 Å². The van der Waals surface area contributed by atoms with E-state index in [-0.39, 0.29) is 17.5 Å². The van der Waals surface area contributed by atoms with E-state index in [2.05, 4.69) is 26.2 Å². The molecule has 1 amide bonds. The summed E-state index contributed by atoms with van der Waals surface area (Å²) in [6.07, 6.45) is 3.33.